The van der Waals surface area contributed by atoms with Crippen LogP contribution in [-0.4, -0.2) is 29.7 Å². The first-order valence-corrected chi connectivity index (χ1v) is 9.29. The highest BCUT2D eigenvalue weighted by atomic mass is 32.2. The van der Waals surface area contributed by atoms with E-state index in [2.05, 4.69) is 4.98 Å². The van der Waals surface area contributed by atoms with Gasteiger partial charge < -0.3 is 10.5 Å². The van der Waals surface area contributed by atoms with Crippen molar-refractivity contribution < 1.29 is 13.2 Å². The Morgan fingerprint density at radius 1 is 1.16 bits per heavy atom. The number of aromatic nitrogens is 2. The first-order chi connectivity index (χ1) is 11.6. The monoisotopic (exact) mass is 359 g/mol. The number of fused-ring (bicyclic) bond motifs is 1. The molecule has 0 saturated carbocycles. The Bertz CT molecular complexity index is 1030. The lowest BCUT2D eigenvalue weighted by Crippen LogP contribution is -2.28. The van der Waals surface area contributed by atoms with Gasteiger partial charge in [-0.05, 0) is 32.9 Å². The fourth-order valence-electron chi connectivity index (χ4n) is 2.55. The fraction of sp³-hybridized carbons (Fsp3) is 0.278. The molecule has 2 aromatic heterocycles. The fourth-order valence-corrected chi connectivity index (χ4v) is 3.86. The summed E-state index contributed by atoms with van der Waals surface area (Å²) in [7, 11) is -2.13. The van der Waals surface area contributed by atoms with E-state index in [1.165, 1.54) is 7.11 Å². The highest BCUT2D eigenvalue weighted by molar-refractivity contribution is 7.92. The van der Waals surface area contributed by atoms with Gasteiger partial charge in [0, 0.05) is 23.5 Å². The van der Waals surface area contributed by atoms with Crippen LogP contribution < -0.4 is 10.5 Å². The molecule has 0 amide bonds. The summed E-state index contributed by atoms with van der Waals surface area (Å²) < 4.78 is 32.0. The molecule has 6 nitrogen and oxygen atoms in total. The summed E-state index contributed by atoms with van der Waals surface area (Å²) in [5.41, 5.74) is 8.69. The minimum Gasteiger partial charge on any atom is -0.495 e. The first-order valence-electron chi connectivity index (χ1n) is 7.81. The number of nitrogen functional groups attached to an aromatic ring is 1. The molecule has 0 saturated heterocycles. The minimum absolute atomic E-state index is 0.143. The number of hydrogen-bond donors (Lipinski definition) is 1. The van der Waals surface area contributed by atoms with E-state index in [1.54, 1.807) is 55.8 Å². The van der Waals surface area contributed by atoms with Gasteiger partial charge >= 0.3 is 0 Å². The predicted molar refractivity (Wildman–Crippen MR) is 98.5 cm³/mol. The van der Waals surface area contributed by atoms with Gasteiger partial charge in [0.25, 0.3) is 0 Å². The van der Waals surface area contributed by atoms with Crippen molar-refractivity contribution in [2.75, 3.05) is 12.8 Å². The molecule has 2 heterocycles. The van der Waals surface area contributed by atoms with Crippen LogP contribution in [0.5, 0.6) is 5.75 Å². The Morgan fingerprint density at radius 2 is 1.80 bits per heavy atom. The molecule has 0 spiro atoms. The van der Waals surface area contributed by atoms with Crippen LogP contribution in [-0.2, 0) is 9.84 Å². The van der Waals surface area contributed by atoms with E-state index in [0.717, 1.165) is 11.3 Å². The molecule has 3 rings (SSSR count). The average Bonchev–Trinajstić information content (AvgIpc) is 2.96. The van der Waals surface area contributed by atoms with Crippen molar-refractivity contribution in [3.8, 4) is 17.0 Å². The molecule has 0 aliphatic rings. The largest absolute Gasteiger partial charge is 0.495 e. The second kappa shape index (κ2) is 5.77. The molecular weight excluding hydrogens is 338 g/mol. The Labute approximate surface area is 147 Å². The Balaban J connectivity index is 2.29. The van der Waals surface area contributed by atoms with Gasteiger partial charge in [0.2, 0.25) is 0 Å². The molecule has 1 aromatic carbocycles. The summed E-state index contributed by atoms with van der Waals surface area (Å²) in [5, 5.41) is 0. The Morgan fingerprint density at radius 3 is 2.36 bits per heavy atom. The van der Waals surface area contributed by atoms with Gasteiger partial charge in [-0.2, -0.15) is 0 Å². The van der Waals surface area contributed by atoms with Crippen molar-refractivity contribution >= 4 is 21.2 Å². The third-order valence-electron chi connectivity index (χ3n) is 4.10. The summed E-state index contributed by atoms with van der Waals surface area (Å²) in [6, 6.07) is 8.98. The highest BCUT2D eigenvalue weighted by Crippen LogP contribution is 2.34. The molecule has 0 radical (unpaired) electrons. The van der Waals surface area contributed by atoms with Crippen molar-refractivity contribution in [1.29, 1.82) is 0 Å². The lowest BCUT2D eigenvalue weighted by atomic mass is 10.1. The van der Waals surface area contributed by atoms with E-state index in [1.807, 2.05) is 12.1 Å². The molecule has 0 atom stereocenters. The van der Waals surface area contributed by atoms with Gasteiger partial charge in [-0.15, -0.1) is 0 Å². The molecule has 0 unspecified atom stereocenters. The average molecular weight is 359 g/mol. The lowest BCUT2D eigenvalue weighted by Gasteiger charge is -2.21. The number of benzene rings is 1. The molecule has 0 aliphatic heterocycles. The Kier molecular flexibility index (Phi) is 3.99. The number of sulfone groups is 1. The number of hydrogen-bond acceptors (Lipinski definition) is 5. The zero-order valence-electron chi connectivity index (χ0n) is 14.6. The third kappa shape index (κ3) is 2.84. The SMILES string of the molecule is COc1cc2ncc(-c3ccc(N)cc3)n2cc1S(=O)(=O)C(C)(C)C. The van der Waals surface area contributed by atoms with Crippen molar-refractivity contribution in [1.82, 2.24) is 9.38 Å². The second-order valence-electron chi connectivity index (χ2n) is 6.82. The molecule has 7 heteroatoms. The van der Waals surface area contributed by atoms with E-state index in [0.29, 0.717) is 11.3 Å². The minimum atomic E-state index is -3.59. The number of anilines is 1. The van der Waals surface area contributed by atoms with Gasteiger partial charge in [0.1, 0.15) is 16.3 Å². The summed E-state index contributed by atoms with van der Waals surface area (Å²) in [4.78, 5) is 4.51. The maximum absolute atomic E-state index is 13.0. The maximum atomic E-state index is 13.0. The molecule has 25 heavy (non-hydrogen) atoms. The summed E-state index contributed by atoms with van der Waals surface area (Å²) in [6.07, 6.45) is 3.28. The lowest BCUT2D eigenvalue weighted by molar-refractivity contribution is 0.401. The van der Waals surface area contributed by atoms with Crippen LogP contribution in [0.1, 0.15) is 20.8 Å². The van der Waals surface area contributed by atoms with Crippen LogP contribution in [0, 0.1) is 0 Å². The second-order valence-corrected chi connectivity index (χ2v) is 9.49. The van der Waals surface area contributed by atoms with E-state index >= 15 is 0 Å². The smallest absolute Gasteiger partial charge is 0.188 e. The number of pyridine rings is 1. The van der Waals surface area contributed by atoms with E-state index in [9.17, 15) is 8.42 Å². The number of imidazole rings is 1. The van der Waals surface area contributed by atoms with E-state index in [-0.39, 0.29) is 10.6 Å². The normalized spacial score (nSPS) is 12.5. The summed E-state index contributed by atoms with van der Waals surface area (Å²) in [5.74, 6) is 0.289. The topological polar surface area (TPSA) is 86.7 Å². The van der Waals surface area contributed by atoms with Gasteiger partial charge in [0.15, 0.2) is 9.84 Å². The number of methoxy groups -OCH3 is 1. The molecule has 0 fully saturated rings. The first kappa shape index (κ1) is 17.3. The van der Waals surface area contributed by atoms with Crippen molar-refractivity contribution in [2.24, 2.45) is 0 Å². The molecule has 0 bridgehead atoms. The number of nitrogens with two attached hydrogens (primary N) is 1. The van der Waals surface area contributed by atoms with E-state index in [4.69, 9.17) is 10.5 Å². The van der Waals surface area contributed by atoms with Crippen LogP contribution in [0.4, 0.5) is 5.69 Å². The van der Waals surface area contributed by atoms with Crippen LogP contribution in [0.25, 0.3) is 16.9 Å². The quantitative estimate of drug-likeness (QED) is 0.726. The van der Waals surface area contributed by atoms with Gasteiger partial charge in [0.05, 0.1) is 23.7 Å². The van der Waals surface area contributed by atoms with Gasteiger partial charge in [-0.3, -0.25) is 4.40 Å². The number of ether oxygens (including phenoxy) is 1. The summed E-state index contributed by atoms with van der Waals surface area (Å²) in [6.45, 7) is 5.00. The molecular formula is C18H21N3O3S. The third-order valence-corrected chi connectivity index (χ3v) is 6.59. The van der Waals surface area contributed by atoms with Gasteiger partial charge in [-0.1, -0.05) is 12.1 Å². The Hall–Kier alpha value is -2.54. The molecule has 132 valence electrons. The van der Waals surface area contributed by atoms with Crippen molar-refractivity contribution in [3.63, 3.8) is 0 Å². The zero-order chi connectivity index (χ0) is 18.4. The zero-order valence-corrected chi connectivity index (χ0v) is 15.5. The molecule has 3 aromatic rings. The molecule has 2 N–H and O–H groups in total. The standard InChI is InChI=1S/C18H21N3O3S/c1-18(2,3)25(22,23)16-11-21-14(12-5-7-13(19)8-6-12)10-20-17(21)9-15(16)24-4/h5-11H,19H2,1-4H3. The van der Waals surface area contributed by atoms with Crippen LogP contribution in [0.2, 0.25) is 0 Å². The van der Waals surface area contributed by atoms with E-state index < -0.39 is 14.6 Å². The number of rotatable bonds is 3. The highest BCUT2D eigenvalue weighted by Gasteiger charge is 2.34. The van der Waals surface area contributed by atoms with Crippen molar-refractivity contribution in [2.45, 2.75) is 30.4 Å². The molecule has 0 aliphatic carbocycles. The number of nitrogens with zero attached hydrogens (tertiary/aromatic N) is 2. The van der Waals surface area contributed by atoms with Crippen LogP contribution in [0.3, 0.4) is 0 Å². The van der Waals surface area contributed by atoms with Crippen LogP contribution >= 0.6 is 0 Å². The van der Waals surface area contributed by atoms with Crippen molar-refractivity contribution in [3.05, 3.63) is 42.7 Å². The maximum Gasteiger partial charge on any atom is 0.188 e. The van der Waals surface area contributed by atoms with Crippen LogP contribution in [0.15, 0.2) is 47.6 Å². The summed E-state index contributed by atoms with van der Waals surface area (Å²) >= 11 is 0. The predicted octanol–water partition coefficient (Wildman–Crippen LogP) is 3.16. The van der Waals surface area contributed by atoms with Gasteiger partial charge in [-0.25, -0.2) is 13.4 Å².